The molecule has 118 valence electrons. The number of hydrogen-bond donors (Lipinski definition) is 1. The number of aromatic nitrogens is 2. The summed E-state index contributed by atoms with van der Waals surface area (Å²) in [5.74, 6) is 2.02. The molecule has 5 heteroatoms. The van der Waals surface area contributed by atoms with E-state index >= 15 is 0 Å². The van der Waals surface area contributed by atoms with Crippen LogP contribution in [0.1, 0.15) is 40.5 Å². The van der Waals surface area contributed by atoms with Gasteiger partial charge in [-0.3, -0.25) is 4.79 Å². The number of carbonyl (C=O) groups is 1. The van der Waals surface area contributed by atoms with Crippen molar-refractivity contribution in [3.05, 3.63) is 53.5 Å². The predicted molar refractivity (Wildman–Crippen MR) is 88.0 cm³/mol. The van der Waals surface area contributed by atoms with Crippen molar-refractivity contribution in [2.75, 3.05) is 18.8 Å². The van der Waals surface area contributed by atoms with Gasteiger partial charge < -0.3 is 10.6 Å². The van der Waals surface area contributed by atoms with Gasteiger partial charge in [-0.25, -0.2) is 9.97 Å². The Bertz CT molecular complexity index is 721. The number of carbonyl (C=O) groups excluding carboxylic acids is 1. The number of likely N-dealkylation sites (tertiary alicyclic amines) is 1. The van der Waals surface area contributed by atoms with Gasteiger partial charge in [0, 0.05) is 25.2 Å². The molecule has 1 aliphatic carbocycles. The Labute approximate surface area is 135 Å². The third kappa shape index (κ3) is 2.91. The molecule has 0 radical (unpaired) electrons. The molecule has 0 bridgehead atoms. The van der Waals surface area contributed by atoms with Crippen LogP contribution < -0.4 is 5.73 Å². The summed E-state index contributed by atoms with van der Waals surface area (Å²) in [6.45, 7) is 1.55. The molecule has 2 aliphatic rings. The molecule has 2 fully saturated rings. The summed E-state index contributed by atoms with van der Waals surface area (Å²) in [7, 11) is 0. The summed E-state index contributed by atoms with van der Waals surface area (Å²) in [6, 6.07) is 10.4. The first-order valence-electron chi connectivity index (χ1n) is 8.16. The molecule has 0 atom stereocenters. The van der Waals surface area contributed by atoms with Crippen LogP contribution in [0.5, 0.6) is 0 Å². The largest absolute Gasteiger partial charge is 0.383 e. The van der Waals surface area contributed by atoms with Crippen LogP contribution in [0.25, 0.3) is 0 Å². The van der Waals surface area contributed by atoms with E-state index in [9.17, 15) is 4.79 Å². The van der Waals surface area contributed by atoms with Gasteiger partial charge in [0.25, 0.3) is 5.91 Å². The number of rotatable bonds is 4. The Morgan fingerprint density at radius 2 is 1.96 bits per heavy atom. The number of nitrogens with zero attached hydrogens (tertiary/aromatic N) is 3. The lowest BCUT2D eigenvalue weighted by Crippen LogP contribution is -2.50. The Kier molecular flexibility index (Phi) is 3.48. The molecular weight excluding hydrogens is 288 g/mol. The van der Waals surface area contributed by atoms with E-state index in [1.807, 2.05) is 11.0 Å². The van der Waals surface area contributed by atoms with Gasteiger partial charge in [0.2, 0.25) is 0 Å². The summed E-state index contributed by atoms with van der Waals surface area (Å²) in [5, 5.41) is 0. The Morgan fingerprint density at radius 3 is 2.61 bits per heavy atom. The minimum absolute atomic E-state index is 0.0471. The zero-order valence-electron chi connectivity index (χ0n) is 13.0. The van der Waals surface area contributed by atoms with Gasteiger partial charge >= 0.3 is 0 Å². The normalized spacial score (nSPS) is 17.8. The van der Waals surface area contributed by atoms with Gasteiger partial charge in [-0.1, -0.05) is 30.3 Å². The molecule has 2 heterocycles. The molecule has 2 N–H and O–H groups in total. The zero-order valence-corrected chi connectivity index (χ0v) is 13.0. The smallest absolute Gasteiger partial charge is 0.259 e. The van der Waals surface area contributed by atoms with E-state index in [2.05, 4.69) is 34.2 Å². The van der Waals surface area contributed by atoms with Crippen molar-refractivity contribution in [2.24, 2.45) is 5.92 Å². The first-order valence-corrected chi connectivity index (χ1v) is 8.16. The van der Waals surface area contributed by atoms with Crippen molar-refractivity contribution in [2.45, 2.75) is 25.2 Å². The minimum atomic E-state index is -0.0471. The molecule has 0 unspecified atom stereocenters. The highest BCUT2D eigenvalue weighted by Crippen LogP contribution is 2.38. The van der Waals surface area contributed by atoms with E-state index in [0.29, 0.717) is 23.2 Å². The molecule has 1 amide bonds. The monoisotopic (exact) mass is 308 g/mol. The van der Waals surface area contributed by atoms with Crippen molar-refractivity contribution >= 4 is 11.7 Å². The van der Waals surface area contributed by atoms with Crippen molar-refractivity contribution < 1.29 is 4.79 Å². The van der Waals surface area contributed by atoms with Crippen LogP contribution in [-0.4, -0.2) is 33.9 Å². The van der Waals surface area contributed by atoms with Gasteiger partial charge in [-0.15, -0.1) is 0 Å². The third-order valence-corrected chi connectivity index (χ3v) is 4.62. The highest BCUT2D eigenvalue weighted by atomic mass is 16.2. The van der Waals surface area contributed by atoms with Crippen molar-refractivity contribution in [1.29, 1.82) is 0 Å². The maximum absolute atomic E-state index is 12.5. The van der Waals surface area contributed by atoms with Gasteiger partial charge in [0.15, 0.2) is 0 Å². The van der Waals surface area contributed by atoms with Crippen molar-refractivity contribution in [3.8, 4) is 0 Å². The maximum atomic E-state index is 12.5. The van der Waals surface area contributed by atoms with E-state index in [1.165, 1.54) is 5.56 Å². The van der Waals surface area contributed by atoms with Crippen LogP contribution in [0.2, 0.25) is 0 Å². The number of nitrogens with two attached hydrogens (primary N) is 1. The highest BCUT2D eigenvalue weighted by Gasteiger charge is 2.33. The SMILES string of the molecule is Nc1nc(C2CC2)ncc1C(=O)N1CC(Cc2ccccc2)C1. The molecular formula is C18H20N4O. The molecule has 4 rings (SSSR count). The molecule has 23 heavy (non-hydrogen) atoms. The quantitative estimate of drug-likeness (QED) is 0.940. The van der Waals surface area contributed by atoms with E-state index in [0.717, 1.165) is 38.2 Å². The van der Waals surface area contributed by atoms with E-state index in [4.69, 9.17) is 5.73 Å². The average molecular weight is 308 g/mol. The second kappa shape index (κ2) is 5.65. The summed E-state index contributed by atoms with van der Waals surface area (Å²) in [4.78, 5) is 23.0. The molecule has 0 spiro atoms. The summed E-state index contributed by atoms with van der Waals surface area (Å²) >= 11 is 0. The van der Waals surface area contributed by atoms with Gasteiger partial charge in [-0.05, 0) is 30.7 Å². The molecule has 2 aromatic rings. The lowest BCUT2D eigenvalue weighted by Gasteiger charge is -2.39. The second-order valence-electron chi connectivity index (χ2n) is 6.57. The van der Waals surface area contributed by atoms with Crippen LogP contribution in [0.3, 0.4) is 0 Å². The summed E-state index contributed by atoms with van der Waals surface area (Å²) in [5.41, 5.74) is 7.72. The van der Waals surface area contributed by atoms with Gasteiger partial charge in [0.05, 0.1) is 0 Å². The Balaban J connectivity index is 1.37. The fraction of sp³-hybridized carbons (Fsp3) is 0.389. The third-order valence-electron chi connectivity index (χ3n) is 4.62. The van der Waals surface area contributed by atoms with Gasteiger partial charge in [0.1, 0.15) is 17.2 Å². The van der Waals surface area contributed by atoms with E-state index in [-0.39, 0.29) is 5.91 Å². The van der Waals surface area contributed by atoms with Crippen LogP contribution in [0, 0.1) is 5.92 Å². The molecule has 5 nitrogen and oxygen atoms in total. The van der Waals surface area contributed by atoms with E-state index < -0.39 is 0 Å². The van der Waals surface area contributed by atoms with E-state index in [1.54, 1.807) is 6.20 Å². The van der Waals surface area contributed by atoms with Crippen molar-refractivity contribution in [3.63, 3.8) is 0 Å². The predicted octanol–water partition coefficient (Wildman–Crippen LogP) is 2.25. The number of benzene rings is 1. The molecule has 1 saturated heterocycles. The first kappa shape index (κ1) is 14.2. The fourth-order valence-electron chi connectivity index (χ4n) is 3.09. The zero-order chi connectivity index (χ0) is 15.8. The maximum Gasteiger partial charge on any atom is 0.259 e. The minimum Gasteiger partial charge on any atom is -0.383 e. The molecule has 1 aromatic carbocycles. The first-order chi connectivity index (χ1) is 11.2. The summed E-state index contributed by atoms with van der Waals surface area (Å²) < 4.78 is 0. The van der Waals surface area contributed by atoms with Gasteiger partial charge in [-0.2, -0.15) is 0 Å². The number of anilines is 1. The Hall–Kier alpha value is -2.43. The lowest BCUT2D eigenvalue weighted by atomic mass is 9.91. The number of hydrogen-bond acceptors (Lipinski definition) is 4. The van der Waals surface area contributed by atoms with Crippen LogP contribution in [0.15, 0.2) is 36.5 Å². The highest BCUT2D eigenvalue weighted by molar-refractivity contribution is 5.98. The summed E-state index contributed by atoms with van der Waals surface area (Å²) in [6.07, 6.45) is 4.86. The standard InChI is InChI=1S/C18H20N4O/c19-16-15(9-20-17(21-16)14-6-7-14)18(23)22-10-13(11-22)8-12-4-2-1-3-5-12/h1-5,9,13-14H,6-8,10-11H2,(H2,19,20,21). The molecule has 1 aliphatic heterocycles. The molecule has 1 saturated carbocycles. The second-order valence-corrected chi connectivity index (χ2v) is 6.57. The Morgan fingerprint density at radius 1 is 1.22 bits per heavy atom. The van der Waals surface area contributed by atoms with Crippen LogP contribution >= 0.6 is 0 Å². The fourth-order valence-corrected chi connectivity index (χ4v) is 3.09. The van der Waals surface area contributed by atoms with Crippen LogP contribution in [-0.2, 0) is 6.42 Å². The number of amides is 1. The lowest BCUT2D eigenvalue weighted by molar-refractivity contribution is 0.0501. The molecule has 1 aromatic heterocycles. The van der Waals surface area contributed by atoms with Crippen molar-refractivity contribution in [1.82, 2.24) is 14.9 Å². The number of nitrogen functional groups attached to an aromatic ring is 1. The van der Waals surface area contributed by atoms with Crippen LogP contribution in [0.4, 0.5) is 5.82 Å². The average Bonchev–Trinajstić information content (AvgIpc) is 3.35. The topological polar surface area (TPSA) is 72.1 Å².